The third-order valence-electron chi connectivity index (χ3n) is 3.29. The average molecular weight is 248 g/mol. The lowest BCUT2D eigenvalue weighted by Crippen LogP contribution is -2.45. The number of nitrogens with zero attached hydrogens (tertiary/aromatic N) is 2. The molecule has 0 unspecified atom stereocenters. The summed E-state index contributed by atoms with van der Waals surface area (Å²) in [5.74, 6) is 0.660. The van der Waals surface area contributed by atoms with Gasteiger partial charge in [0.25, 0.3) is 10.2 Å². The zero-order valence-electron chi connectivity index (χ0n) is 10.6. The minimum atomic E-state index is -3.19. The smallest absolute Gasteiger partial charge is 0.195 e. The number of hydrogen-bond acceptors (Lipinski definition) is 2. The summed E-state index contributed by atoms with van der Waals surface area (Å²) in [5.41, 5.74) is 0. The Morgan fingerprint density at radius 2 is 1.88 bits per heavy atom. The van der Waals surface area contributed by atoms with Gasteiger partial charge >= 0.3 is 0 Å². The molecule has 1 heterocycles. The van der Waals surface area contributed by atoms with Gasteiger partial charge in [-0.3, -0.25) is 0 Å². The van der Waals surface area contributed by atoms with E-state index in [9.17, 15) is 8.42 Å². The molecule has 0 amide bonds. The maximum Gasteiger partial charge on any atom is 0.281 e. The van der Waals surface area contributed by atoms with E-state index in [0.717, 1.165) is 25.7 Å². The SMILES string of the molecule is CCCCN(C)S(=O)(=O)N1CCC(C)CC1. The molecule has 0 radical (unpaired) electrons. The molecule has 1 saturated heterocycles. The molecule has 0 spiro atoms. The standard InChI is InChI=1S/C11H24N2O2S/c1-4-5-8-12(3)16(14,15)13-9-6-11(2)7-10-13/h11H,4-10H2,1-3H3. The van der Waals surface area contributed by atoms with Gasteiger partial charge in [-0.15, -0.1) is 0 Å². The molecule has 0 aromatic heterocycles. The molecule has 1 fully saturated rings. The van der Waals surface area contributed by atoms with Crippen LogP contribution in [0.2, 0.25) is 0 Å². The molecule has 4 nitrogen and oxygen atoms in total. The van der Waals surface area contributed by atoms with E-state index >= 15 is 0 Å². The summed E-state index contributed by atoms with van der Waals surface area (Å²) in [6.45, 7) is 6.25. The second-order valence-electron chi connectivity index (χ2n) is 4.76. The van der Waals surface area contributed by atoms with Gasteiger partial charge in [0.1, 0.15) is 0 Å². The van der Waals surface area contributed by atoms with Crippen molar-refractivity contribution >= 4 is 10.2 Å². The lowest BCUT2D eigenvalue weighted by atomic mass is 10.0. The maximum absolute atomic E-state index is 12.1. The third-order valence-corrected chi connectivity index (χ3v) is 5.28. The fourth-order valence-corrected chi connectivity index (χ4v) is 3.34. The van der Waals surface area contributed by atoms with Crippen molar-refractivity contribution in [3.05, 3.63) is 0 Å². The Hall–Kier alpha value is -0.130. The van der Waals surface area contributed by atoms with Gasteiger partial charge in [-0.05, 0) is 25.2 Å². The van der Waals surface area contributed by atoms with Crippen LogP contribution in [0.15, 0.2) is 0 Å². The van der Waals surface area contributed by atoms with Crippen molar-refractivity contribution in [1.82, 2.24) is 8.61 Å². The Labute approximate surface area is 99.8 Å². The van der Waals surface area contributed by atoms with Gasteiger partial charge in [0.05, 0.1) is 0 Å². The molecule has 0 bridgehead atoms. The van der Waals surface area contributed by atoms with Gasteiger partial charge in [-0.2, -0.15) is 17.0 Å². The Kier molecular flexibility index (Phi) is 5.21. The van der Waals surface area contributed by atoms with E-state index in [1.54, 1.807) is 11.4 Å². The third kappa shape index (κ3) is 3.43. The van der Waals surface area contributed by atoms with Crippen molar-refractivity contribution in [1.29, 1.82) is 0 Å². The number of piperidine rings is 1. The fraction of sp³-hybridized carbons (Fsp3) is 1.00. The molecule has 1 rings (SSSR count). The topological polar surface area (TPSA) is 40.6 Å². The fourth-order valence-electron chi connectivity index (χ4n) is 1.91. The first-order valence-electron chi connectivity index (χ1n) is 6.20. The summed E-state index contributed by atoms with van der Waals surface area (Å²) >= 11 is 0. The number of hydrogen-bond donors (Lipinski definition) is 0. The highest BCUT2D eigenvalue weighted by Crippen LogP contribution is 2.20. The molecule has 96 valence electrons. The predicted molar refractivity (Wildman–Crippen MR) is 66.4 cm³/mol. The van der Waals surface area contributed by atoms with Crippen molar-refractivity contribution in [2.45, 2.75) is 39.5 Å². The van der Waals surface area contributed by atoms with Crippen LogP contribution in [0.5, 0.6) is 0 Å². The predicted octanol–water partition coefficient (Wildman–Crippen LogP) is 1.69. The lowest BCUT2D eigenvalue weighted by Gasteiger charge is -2.32. The van der Waals surface area contributed by atoms with Crippen LogP contribution in [0.25, 0.3) is 0 Å². The second-order valence-corrected chi connectivity index (χ2v) is 6.80. The molecule has 5 heteroatoms. The number of unbranched alkanes of at least 4 members (excludes halogenated alkanes) is 1. The van der Waals surface area contributed by atoms with E-state index < -0.39 is 10.2 Å². The Balaban J connectivity index is 2.56. The molecule has 16 heavy (non-hydrogen) atoms. The molecule has 0 aromatic carbocycles. The maximum atomic E-state index is 12.1. The van der Waals surface area contributed by atoms with Crippen molar-refractivity contribution in [2.75, 3.05) is 26.7 Å². The highest BCUT2D eigenvalue weighted by atomic mass is 32.2. The molecule has 0 aliphatic carbocycles. The molecule has 1 aliphatic rings. The van der Waals surface area contributed by atoms with Gasteiger partial charge in [0, 0.05) is 26.7 Å². The van der Waals surface area contributed by atoms with Crippen molar-refractivity contribution in [3.8, 4) is 0 Å². The minimum Gasteiger partial charge on any atom is -0.195 e. The number of rotatable bonds is 5. The van der Waals surface area contributed by atoms with E-state index in [1.807, 2.05) is 0 Å². The monoisotopic (exact) mass is 248 g/mol. The van der Waals surface area contributed by atoms with Crippen LogP contribution in [-0.2, 0) is 10.2 Å². The van der Waals surface area contributed by atoms with Crippen LogP contribution in [0.3, 0.4) is 0 Å². The second kappa shape index (κ2) is 5.98. The van der Waals surface area contributed by atoms with E-state index in [-0.39, 0.29) is 0 Å². The van der Waals surface area contributed by atoms with Crippen LogP contribution in [-0.4, -0.2) is 43.7 Å². The average Bonchev–Trinajstić information content (AvgIpc) is 2.26. The Morgan fingerprint density at radius 1 is 1.31 bits per heavy atom. The zero-order chi connectivity index (χ0) is 12.2. The first-order chi connectivity index (χ1) is 7.48. The van der Waals surface area contributed by atoms with Gasteiger partial charge < -0.3 is 0 Å². The van der Waals surface area contributed by atoms with Gasteiger partial charge in [-0.1, -0.05) is 20.3 Å². The van der Waals surface area contributed by atoms with E-state index in [4.69, 9.17) is 0 Å². The Morgan fingerprint density at radius 3 is 2.38 bits per heavy atom. The van der Waals surface area contributed by atoms with Crippen molar-refractivity contribution < 1.29 is 8.42 Å². The van der Waals surface area contributed by atoms with Crippen LogP contribution in [0.4, 0.5) is 0 Å². The van der Waals surface area contributed by atoms with Gasteiger partial charge in [-0.25, -0.2) is 0 Å². The van der Waals surface area contributed by atoms with Crippen LogP contribution < -0.4 is 0 Å². The molecule has 0 saturated carbocycles. The first-order valence-corrected chi connectivity index (χ1v) is 7.59. The van der Waals surface area contributed by atoms with Gasteiger partial charge in [0.2, 0.25) is 0 Å². The summed E-state index contributed by atoms with van der Waals surface area (Å²) in [4.78, 5) is 0. The lowest BCUT2D eigenvalue weighted by molar-refractivity contribution is 0.270. The van der Waals surface area contributed by atoms with E-state index in [2.05, 4.69) is 13.8 Å². The van der Waals surface area contributed by atoms with Crippen molar-refractivity contribution in [3.63, 3.8) is 0 Å². The molecule has 1 aliphatic heterocycles. The molecular weight excluding hydrogens is 224 g/mol. The van der Waals surface area contributed by atoms with Gasteiger partial charge in [0.15, 0.2) is 0 Å². The normalized spacial score (nSPS) is 20.5. The Bertz CT molecular complexity index is 295. The molecule has 0 atom stereocenters. The van der Waals surface area contributed by atoms with Crippen LogP contribution in [0.1, 0.15) is 39.5 Å². The summed E-state index contributed by atoms with van der Waals surface area (Å²) in [6.07, 6.45) is 3.93. The summed E-state index contributed by atoms with van der Waals surface area (Å²) in [5, 5.41) is 0. The van der Waals surface area contributed by atoms with Crippen LogP contribution >= 0.6 is 0 Å². The zero-order valence-corrected chi connectivity index (χ0v) is 11.5. The summed E-state index contributed by atoms with van der Waals surface area (Å²) in [6, 6.07) is 0. The first kappa shape index (κ1) is 13.9. The highest BCUT2D eigenvalue weighted by molar-refractivity contribution is 7.86. The largest absolute Gasteiger partial charge is 0.281 e. The van der Waals surface area contributed by atoms with Crippen LogP contribution in [0, 0.1) is 5.92 Å². The molecular formula is C11H24N2O2S. The summed E-state index contributed by atoms with van der Waals surface area (Å²) < 4.78 is 27.4. The highest BCUT2D eigenvalue weighted by Gasteiger charge is 2.29. The van der Waals surface area contributed by atoms with E-state index in [0.29, 0.717) is 25.6 Å². The minimum absolute atomic E-state index is 0.630. The molecule has 0 N–H and O–H groups in total. The quantitative estimate of drug-likeness (QED) is 0.743. The summed E-state index contributed by atoms with van der Waals surface area (Å²) in [7, 11) is -1.51. The van der Waals surface area contributed by atoms with E-state index in [1.165, 1.54) is 4.31 Å². The molecule has 0 aromatic rings. The van der Waals surface area contributed by atoms with Crippen molar-refractivity contribution in [2.24, 2.45) is 5.92 Å².